The Labute approximate surface area is 197 Å². The fourth-order valence-corrected chi connectivity index (χ4v) is 5.50. The Morgan fingerprint density at radius 3 is 2.68 bits per heavy atom. The second-order valence-electron chi connectivity index (χ2n) is 10.4. The average molecular weight is 518 g/mol. The second kappa shape index (κ2) is 10.7. The number of hydrogen-bond donors (Lipinski definition) is 0. The molecule has 9 heteroatoms. The third kappa shape index (κ3) is 6.54. The monoisotopic (exact) mass is 516 g/mol. The summed E-state index contributed by atoms with van der Waals surface area (Å²) in [5, 5.41) is 4.97. The first-order chi connectivity index (χ1) is 14.6. The van der Waals surface area contributed by atoms with E-state index in [4.69, 9.17) is 19.3 Å². The van der Waals surface area contributed by atoms with Gasteiger partial charge in [-0.15, -0.1) is 0 Å². The van der Waals surface area contributed by atoms with Gasteiger partial charge in [-0.1, -0.05) is 26.6 Å². The molecule has 31 heavy (non-hydrogen) atoms. The van der Waals surface area contributed by atoms with E-state index >= 15 is 0 Å². The fraction of sp³-hybridized carbons (Fsp3) is 0.864. The molecule has 0 aromatic carbocycles. The van der Waals surface area contributed by atoms with Crippen LogP contribution in [-0.2, 0) is 20.9 Å². The van der Waals surface area contributed by atoms with Gasteiger partial charge in [-0.2, -0.15) is 5.10 Å². The Morgan fingerprint density at radius 1 is 1.26 bits per heavy atom. The Morgan fingerprint density at radius 2 is 2.03 bits per heavy atom. The summed E-state index contributed by atoms with van der Waals surface area (Å²) in [6.45, 7) is 21.2. The summed E-state index contributed by atoms with van der Waals surface area (Å²) in [5.41, 5.74) is 1.14. The van der Waals surface area contributed by atoms with Crippen LogP contribution in [0.25, 0.3) is 0 Å². The van der Waals surface area contributed by atoms with Crippen LogP contribution in [-0.4, -0.2) is 87.0 Å². The van der Waals surface area contributed by atoms with E-state index in [2.05, 4.69) is 66.1 Å². The number of aromatic nitrogens is 2. The largest absolute Gasteiger partial charge is 0.376 e. The quantitative estimate of drug-likeness (QED) is 0.365. The summed E-state index contributed by atoms with van der Waals surface area (Å²) in [6.07, 6.45) is 1.24. The van der Waals surface area contributed by atoms with Gasteiger partial charge in [0.05, 0.1) is 41.6 Å². The van der Waals surface area contributed by atoms with Crippen LogP contribution < -0.4 is 4.90 Å². The van der Waals surface area contributed by atoms with Gasteiger partial charge in [0.15, 0.2) is 5.82 Å². The molecule has 2 aliphatic heterocycles. The minimum absolute atomic E-state index is 0.0145. The Kier molecular flexibility index (Phi) is 8.65. The van der Waals surface area contributed by atoms with Gasteiger partial charge in [-0.25, -0.2) is 4.68 Å². The van der Waals surface area contributed by atoms with Crippen molar-refractivity contribution in [2.75, 3.05) is 57.5 Å². The van der Waals surface area contributed by atoms with Gasteiger partial charge >= 0.3 is 0 Å². The van der Waals surface area contributed by atoms with Crippen molar-refractivity contribution >= 4 is 29.8 Å². The van der Waals surface area contributed by atoms with Crippen molar-refractivity contribution in [3.05, 3.63) is 10.2 Å². The number of nitrogens with zero attached hydrogens (tertiary/aromatic N) is 4. The normalized spacial score (nSPS) is 25.9. The lowest BCUT2D eigenvalue weighted by molar-refractivity contribution is -0.0996. The van der Waals surface area contributed by atoms with Crippen LogP contribution in [0.5, 0.6) is 0 Å². The van der Waals surface area contributed by atoms with E-state index < -0.39 is 8.07 Å². The van der Waals surface area contributed by atoms with Crippen LogP contribution in [0.2, 0.25) is 25.7 Å². The molecule has 1 aromatic heterocycles. The molecule has 0 N–H and O–H groups in total. The van der Waals surface area contributed by atoms with Gasteiger partial charge in [-0.3, -0.25) is 4.90 Å². The second-order valence-corrected chi connectivity index (χ2v) is 16.8. The molecule has 2 unspecified atom stereocenters. The molecule has 2 saturated heterocycles. The predicted molar refractivity (Wildman–Crippen MR) is 132 cm³/mol. The van der Waals surface area contributed by atoms with Crippen molar-refractivity contribution < 1.29 is 14.2 Å². The van der Waals surface area contributed by atoms with E-state index in [1.807, 2.05) is 4.68 Å². The predicted octanol–water partition coefficient (Wildman–Crippen LogP) is 3.97. The van der Waals surface area contributed by atoms with Gasteiger partial charge in [0, 0.05) is 40.9 Å². The lowest BCUT2D eigenvalue weighted by Gasteiger charge is -2.50. The zero-order chi connectivity index (χ0) is 22.6. The van der Waals surface area contributed by atoms with Crippen molar-refractivity contribution in [2.45, 2.75) is 71.3 Å². The molecule has 0 amide bonds. The Hall–Kier alpha value is -0.453. The maximum absolute atomic E-state index is 5.97. The smallest absolute Gasteiger partial charge is 0.165 e. The van der Waals surface area contributed by atoms with Crippen LogP contribution in [0.1, 0.15) is 26.0 Å². The highest BCUT2D eigenvalue weighted by molar-refractivity contribution is 9.10. The van der Waals surface area contributed by atoms with E-state index in [0.29, 0.717) is 19.9 Å². The molecule has 3 rings (SSSR count). The molecule has 2 atom stereocenters. The summed E-state index contributed by atoms with van der Waals surface area (Å²) in [5.74, 6) is 1.03. The topological polar surface area (TPSA) is 52.0 Å². The minimum Gasteiger partial charge on any atom is -0.376 e. The molecule has 0 spiro atoms. The molecule has 1 aromatic rings. The Balaban J connectivity index is 1.65. The molecule has 178 valence electrons. The van der Waals surface area contributed by atoms with Gasteiger partial charge < -0.3 is 19.1 Å². The first-order valence-electron chi connectivity index (χ1n) is 11.6. The van der Waals surface area contributed by atoms with Gasteiger partial charge in [0.2, 0.25) is 0 Å². The minimum atomic E-state index is -1.08. The molecular weight excluding hydrogens is 476 g/mol. The van der Waals surface area contributed by atoms with Crippen molar-refractivity contribution in [3.8, 4) is 0 Å². The van der Waals surface area contributed by atoms with Crippen LogP contribution >= 0.6 is 15.9 Å². The molecule has 3 heterocycles. The van der Waals surface area contributed by atoms with Crippen molar-refractivity contribution in [1.29, 1.82) is 0 Å². The lowest BCUT2D eigenvalue weighted by atomic mass is 9.92. The van der Waals surface area contributed by atoms with Gasteiger partial charge in [-0.05, 0) is 42.2 Å². The summed E-state index contributed by atoms with van der Waals surface area (Å²) < 4.78 is 20.5. The molecule has 0 radical (unpaired) electrons. The third-order valence-electron chi connectivity index (χ3n) is 6.55. The van der Waals surface area contributed by atoms with E-state index in [1.54, 1.807) is 0 Å². The summed E-state index contributed by atoms with van der Waals surface area (Å²) >= 11 is 3.83. The molecule has 0 saturated carbocycles. The molecule has 7 nitrogen and oxygen atoms in total. The zero-order valence-electron chi connectivity index (χ0n) is 20.2. The standard InChI is InChI=1S/C22H41BrN4O3Si/c1-7-22(3)16-25(14-19-15-28-10-11-30-19)8-9-26(22)21-20(23)18(2)27(24-21)17-29-12-13-31(4,5)6/h19H,7-17H2,1-6H3. The maximum Gasteiger partial charge on any atom is 0.165 e. The molecular formula is C22H41BrN4O3Si. The number of ether oxygens (including phenoxy) is 3. The highest BCUT2D eigenvalue weighted by Crippen LogP contribution is 2.36. The van der Waals surface area contributed by atoms with Crippen LogP contribution in [0.4, 0.5) is 5.82 Å². The van der Waals surface area contributed by atoms with Gasteiger partial charge in [0.25, 0.3) is 0 Å². The third-order valence-corrected chi connectivity index (χ3v) is 9.18. The molecule has 0 bridgehead atoms. The van der Waals surface area contributed by atoms with Crippen LogP contribution in [0.3, 0.4) is 0 Å². The fourth-order valence-electron chi connectivity index (χ4n) is 4.24. The number of hydrogen-bond acceptors (Lipinski definition) is 6. The zero-order valence-corrected chi connectivity index (χ0v) is 22.8. The van der Waals surface area contributed by atoms with E-state index in [0.717, 1.165) is 61.8 Å². The van der Waals surface area contributed by atoms with Crippen molar-refractivity contribution in [1.82, 2.24) is 14.7 Å². The summed E-state index contributed by atoms with van der Waals surface area (Å²) in [4.78, 5) is 5.01. The van der Waals surface area contributed by atoms with Crippen molar-refractivity contribution in [2.24, 2.45) is 0 Å². The molecule has 2 fully saturated rings. The highest BCUT2D eigenvalue weighted by Gasteiger charge is 2.39. The number of anilines is 1. The first kappa shape index (κ1) is 25.2. The molecule has 0 aliphatic carbocycles. The first-order valence-corrected chi connectivity index (χ1v) is 16.1. The SMILES string of the molecule is CCC1(C)CN(CC2COCCO2)CCN1c1nn(COCC[Si](C)(C)C)c(C)c1Br. The van der Waals surface area contributed by atoms with E-state index in [-0.39, 0.29) is 11.6 Å². The Bertz CT molecular complexity index is 720. The number of piperazine rings is 1. The number of rotatable bonds is 9. The lowest BCUT2D eigenvalue weighted by Crippen LogP contribution is -2.62. The van der Waals surface area contributed by atoms with Crippen LogP contribution in [0, 0.1) is 6.92 Å². The average Bonchev–Trinajstić information content (AvgIpc) is 3.00. The van der Waals surface area contributed by atoms with E-state index in [1.165, 1.54) is 6.04 Å². The summed E-state index contributed by atoms with van der Waals surface area (Å²) in [6, 6.07) is 1.17. The van der Waals surface area contributed by atoms with Gasteiger partial charge in [0.1, 0.15) is 6.73 Å². The summed E-state index contributed by atoms with van der Waals surface area (Å²) in [7, 11) is -1.08. The van der Waals surface area contributed by atoms with E-state index in [9.17, 15) is 0 Å². The maximum atomic E-state index is 5.97. The number of halogens is 1. The molecule has 2 aliphatic rings. The van der Waals surface area contributed by atoms with Crippen molar-refractivity contribution in [3.63, 3.8) is 0 Å². The van der Waals surface area contributed by atoms with Crippen LogP contribution in [0.15, 0.2) is 4.47 Å². The highest BCUT2D eigenvalue weighted by atomic mass is 79.9.